The van der Waals surface area contributed by atoms with Gasteiger partial charge in [-0.25, -0.2) is 4.79 Å². The molecule has 1 aliphatic rings. The van der Waals surface area contributed by atoms with Crippen LogP contribution in [-0.4, -0.2) is 41.0 Å². The third kappa shape index (κ3) is 7.89. The number of esters is 1. The number of nitrogens with zero attached hydrogens (tertiary/aromatic N) is 1. The fourth-order valence-electron chi connectivity index (χ4n) is 3.34. The number of hydrogen-bond acceptors (Lipinski definition) is 7. The largest absolute Gasteiger partial charge is 0.507 e. The quantitative estimate of drug-likeness (QED) is 0.319. The number of hydrogen-bond donors (Lipinski definition) is 3. The van der Waals surface area contributed by atoms with Gasteiger partial charge in [-0.15, -0.1) is 0 Å². The standard InChI is InChI=1S/C26H27ClN2O6/c27-25-20-14-19(29-35-17-23(32)28-16-18-10-6-5-7-11-18)12-8-3-1-2-4-9-13-34-26(33)24(20)21(30)15-22(25)31/h2,4-8,10-12,15,30-31H,1,3,9,13-14,16-17H2,(H,28,32)/b4-2+,12-8+,29-19?. The van der Waals surface area contributed by atoms with E-state index < -0.39 is 11.7 Å². The van der Waals surface area contributed by atoms with E-state index in [0.717, 1.165) is 24.5 Å². The second-order valence-corrected chi connectivity index (χ2v) is 8.13. The molecule has 0 fully saturated rings. The molecule has 0 bridgehead atoms. The molecule has 0 aliphatic carbocycles. The molecule has 1 aliphatic heterocycles. The molecular formula is C26H27ClN2O6. The van der Waals surface area contributed by atoms with Crippen LogP contribution in [0.4, 0.5) is 0 Å². The summed E-state index contributed by atoms with van der Waals surface area (Å²) in [5, 5.41) is 27.1. The first-order valence-electron chi connectivity index (χ1n) is 11.2. The van der Waals surface area contributed by atoms with E-state index in [2.05, 4.69) is 10.5 Å². The lowest BCUT2D eigenvalue weighted by molar-refractivity contribution is -0.125. The van der Waals surface area contributed by atoms with Crippen molar-refractivity contribution >= 4 is 29.2 Å². The van der Waals surface area contributed by atoms with Gasteiger partial charge in [0.2, 0.25) is 0 Å². The van der Waals surface area contributed by atoms with Crippen LogP contribution in [0.25, 0.3) is 0 Å². The first kappa shape index (κ1) is 25.8. The minimum absolute atomic E-state index is 0.0524. The lowest BCUT2D eigenvalue weighted by atomic mass is 9.99. The van der Waals surface area contributed by atoms with E-state index in [4.69, 9.17) is 21.2 Å². The van der Waals surface area contributed by atoms with Crippen LogP contribution in [0.5, 0.6) is 11.5 Å². The van der Waals surface area contributed by atoms with Crippen molar-refractivity contribution in [2.24, 2.45) is 5.16 Å². The third-order valence-corrected chi connectivity index (χ3v) is 5.51. The number of oxime groups is 1. The predicted molar refractivity (Wildman–Crippen MR) is 133 cm³/mol. The maximum Gasteiger partial charge on any atom is 0.342 e. The molecule has 0 saturated carbocycles. The molecule has 1 amide bonds. The van der Waals surface area contributed by atoms with Crippen molar-refractivity contribution in [2.45, 2.75) is 32.2 Å². The molecule has 0 spiro atoms. The monoisotopic (exact) mass is 498 g/mol. The van der Waals surface area contributed by atoms with Gasteiger partial charge in [-0.05, 0) is 36.5 Å². The molecule has 0 unspecified atom stereocenters. The summed E-state index contributed by atoms with van der Waals surface area (Å²) >= 11 is 6.28. The van der Waals surface area contributed by atoms with Gasteiger partial charge in [-0.3, -0.25) is 4.79 Å². The molecule has 35 heavy (non-hydrogen) atoms. The van der Waals surface area contributed by atoms with E-state index >= 15 is 0 Å². The van der Waals surface area contributed by atoms with E-state index in [0.29, 0.717) is 18.7 Å². The van der Waals surface area contributed by atoms with E-state index in [9.17, 15) is 19.8 Å². The Morgan fingerprint density at radius 2 is 1.83 bits per heavy atom. The van der Waals surface area contributed by atoms with Gasteiger partial charge in [-0.2, -0.15) is 0 Å². The number of carbonyl (C=O) groups is 2. The summed E-state index contributed by atoms with van der Waals surface area (Å²) in [7, 11) is 0. The molecule has 0 saturated heterocycles. The molecule has 0 aromatic heterocycles. The van der Waals surface area contributed by atoms with Crippen molar-refractivity contribution < 1.29 is 29.4 Å². The zero-order valence-corrected chi connectivity index (χ0v) is 19.8. The minimum atomic E-state index is -0.769. The third-order valence-electron chi connectivity index (χ3n) is 5.09. The van der Waals surface area contributed by atoms with Crippen LogP contribution in [0.15, 0.2) is 65.9 Å². The number of aromatic hydroxyl groups is 2. The Balaban J connectivity index is 1.79. The number of amides is 1. The average Bonchev–Trinajstić information content (AvgIpc) is 2.84. The molecule has 1 heterocycles. The zero-order valence-electron chi connectivity index (χ0n) is 19.1. The van der Waals surface area contributed by atoms with Crippen LogP contribution in [-0.2, 0) is 27.3 Å². The molecule has 8 nitrogen and oxygen atoms in total. The molecule has 2 aromatic carbocycles. The molecule has 0 atom stereocenters. The van der Waals surface area contributed by atoms with Crippen LogP contribution in [0.1, 0.15) is 40.7 Å². The van der Waals surface area contributed by atoms with Crippen molar-refractivity contribution in [3.63, 3.8) is 0 Å². The minimum Gasteiger partial charge on any atom is -0.507 e. The number of carbonyl (C=O) groups excluding carboxylic acids is 2. The summed E-state index contributed by atoms with van der Waals surface area (Å²) in [6.07, 6.45) is 9.43. The Bertz CT molecular complexity index is 1130. The maximum atomic E-state index is 12.7. The van der Waals surface area contributed by atoms with Crippen molar-refractivity contribution in [3.8, 4) is 11.5 Å². The van der Waals surface area contributed by atoms with Gasteiger partial charge >= 0.3 is 5.97 Å². The van der Waals surface area contributed by atoms with Gasteiger partial charge in [0.25, 0.3) is 5.91 Å². The molecular weight excluding hydrogens is 472 g/mol. The van der Waals surface area contributed by atoms with Gasteiger partial charge in [0, 0.05) is 19.0 Å². The van der Waals surface area contributed by atoms with Crippen molar-refractivity contribution in [1.29, 1.82) is 0 Å². The van der Waals surface area contributed by atoms with E-state index in [1.165, 1.54) is 0 Å². The van der Waals surface area contributed by atoms with Crippen LogP contribution >= 0.6 is 11.6 Å². The number of halogens is 1. The van der Waals surface area contributed by atoms with Crippen molar-refractivity contribution in [2.75, 3.05) is 13.2 Å². The summed E-state index contributed by atoms with van der Waals surface area (Å²) in [5.41, 5.74) is 1.27. The van der Waals surface area contributed by atoms with Crippen LogP contribution < -0.4 is 5.32 Å². The molecule has 0 radical (unpaired) electrons. The van der Waals surface area contributed by atoms with Crippen LogP contribution in [0.3, 0.4) is 0 Å². The number of benzene rings is 2. The highest BCUT2D eigenvalue weighted by Crippen LogP contribution is 2.37. The predicted octanol–water partition coefficient (Wildman–Crippen LogP) is 4.44. The van der Waals surface area contributed by atoms with Crippen LogP contribution in [0.2, 0.25) is 5.02 Å². The smallest absolute Gasteiger partial charge is 0.342 e. The fraction of sp³-hybridized carbons (Fsp3) is 0.269. The van der Waals surface area contributed by atoms with Crippen LogP contribution in [0, 0.1) is 0 Å². The van der Waals surface area contributed by atoms with Gasteiger partial charge in [-0.1, -0.05) is 65.3 Å². The summed E-state index contributed by atoms with van der Waals surface area (Å²) in [5.74, 6) is -1.97. The highest BCUT2D eigenvalue weighted by atomic mass is 35.5. The number of phenols is 2. The summed E-state index contributed by atoms with van der Waals surface area (Å²) in [6.45, 7) is 0.169. The van der Waals surface area contributed by atoms with Gasteiger partial charge in [0.05, 0.1) is 17.3 Å². The molecule has 9 heteroatoms. The number of allylic oxidation sites excluding steroid dienone is 3. The molecule has 184 valence electrons. The maximum absolute atomic E-state index is 12.7. The second-order valence-electron chi connectivity index (χ2n) is 7.75. The number of fused-ring (bicyclic) bond motifs is 1. The zero-order chi connectivity index (χ0) is 25.0. The lowest BCUT2D eigenvalue weighted by Gasteiger charge is -2.14. The Labute approximate surface area is 208 Å². The first-order valence-corrected chi connectivity index (χ1v) is 11.5. The molecule has 3 N–H and O–H groups in total. The number of nitrogens with one attached hydrogen (secondary N) is 1. The van der Waals surface area contributed by atoms with Gasteiger partial charge in [0.1, 0.15) is 17.1 Å². The lowest BCUT2D eigenvalue weighted by Crippen LogP contribution is -2.26. The number of cyclic esters (lactones) is 1. The fourth-order valence-corrected chi connectivity index (χ4v) is 3.56. The molecule has 2 aromatic rings. The Morgan fingerprint density at radius 1 is 1.09 bits per heavy atom. The summed E-state index contributed by atoms with van der Waals surface area (Å²) in [4.78, 5) is 30.1. The highest BCUT2D eigenvalue weighted by molar-refractivity contribution is 6.33. The number of ether oxygens (including phenoxy) is 1. The Hall–Kier alpha value is -3.78. The van der Waals surface area contributed by atoms with E-state index in [1.807, 2.05) is 48.6 Å². The van der Waals surface area contributed by atoms with Crippen molar-refractivity contribution in [1.82, 2.24) is 5.32 Å². The Kier molecular flexibility index (Phi) is 9.74. The number of phenolic OH excluding ortho intramolecular Hbond substituents is 2. The van der Waals surface area contributed by atoms with E-state index in [1.54, 1.807) is 6.08 Å². The Morgan fingerprint density at radius 3 is 2.63 bits per heavy atom. The molecule has 3 rings (SSSR count). The number of rotatable bonds is 5. The highest BCUT2D eigenvalue weighted by Gasteiger charge is 2.24. The van der Waals surface area contributed by atoms with Gasteiger partial charge in [0.15, 0.2) is 6.61 Å². The average molecular weight is 499 g/mol. The SMILES string of the molecule is O=C(CON=C1/C=C/CC/C=C/CCOC(=O)c2c(O)cc(O)c(Cl)c2C1)NCc1ccccc1. The second kappa shape index (κ2) is 13.2. The normalized spacial score (nSPS) is 17.5. The topological polar surface area (TPSA) is 117 Å². The van der Waals surface area contributed by atoms with E-state index in [-0.39, 0.29) is 47.4 Å². The first-order chi connectivity index (χ1) is 17.0. The van der Waals surface area contributed by atoms with Crippen molar-refractivity contribution in [3.05, 3.63) is 82.4 Å². The van der Waals surface area contributed by atoms with Gasteiger partial charge < -0.3 is 25.1 Å². The summed E-state index contributed by atoms with van der Waals surface area (Å²) < 4.78 is 5.27. The summed E-state index contributed by atoms with van der Waals surface area (Å²) in [6, 6.07) is 10.4.